The average molecular weight is 763 g/mol. The molecule has 23 nitrogen and oxygen atoms in total. The second kappa shape index (κ2) is 18.7. The zero-order chi connectivity index (χ0) is 38.6. The van der Waals surface area contributed by atoms with Gasteiger partial charge in [-0.1, -0.05) is 0 Å². The van der Waals surface area contributed by atoms with E-state index in [0.29, 0.717) is 0 Å². The van der Waals surface area contributed by atoms with Crippen molar-refractivity contribution in [2.75, 3.05) is 33.5 Å². The van der Waals surface area contributed by atoms with Crippen molar-refractivity contribution >= 4 is 11.8 Å². The molecule has 0 spiro atoms. The predicted molar refractivity (Wildman–Crippen MR) is 162 cm³/mol. The fourth-order valence-electron chi connectivity index (χ4n) is 6.54. The Kier molecular flexibility index (Phi) is 15.4. The number of hydrogen-bond acceptors (Lipinski definition) is 21. The SMILES string of the molecule is CO[C@H]1O[C@H](CO)[C@@H](O[C@@H]2O[C@H](CO)[C@@H](O[C@@H]3O[C@H](CO)[C@@H](O[C@@H]4O[C@H](CO)[C@@H](O)[C@H](O)[C@H]4NC(C)=O)[C@H](O)[C@H]3NC(C)=O)[C@H](O)[C@@H]2O)[C@H](O)[C@@H]1O. The Hall–Kier alpha value is -1.82. The van der Waals surface area contributed by atoms with Crippen LogP contribution in [0.15, 0.2) is 0 Å². The third kappa shape index (κ3) is 9.16. The van der Waals surface area contributed by atoms with E-state index in [2.05, 4.69) is 10.6 Å². The molecule has 0 unspecified atom stereocenters. The van der Waals surface area contributed by atoms with Crippen LogP contribution >= 0.6 is 0 Å². The Morgan fingerprint density at radius 1 is 0.481 bits per heavy atom. The Balaban J connectivity index is 1.53. The molecule has 2 amide bonds. The van der Waals surface area contributed by atoms with Crippen LogP contribution in [-0.2, 0) is 47.5 Å². The summed E-state index contributed by atoms with van der Waals surface area (Å²) in [5, 5.41) is 120. The van der Waals surface area contributed by atoms with E-state index < -0.39 is 161 Å². The Bertz CT molecular complexity index is 1150. The van der Waals surface area contributed by atoms with Crippen LogP contribution in [0.25, 0.3) is 0 Å². The highest BCUT2D eigenvalue weighted by molar-refractivity contribution is 5.73. The normalized spacial score (nSPS) is 47.1. The summed E-state index contributed by atoms with van der Waals surface area (Å²) in [6.07, 6.45) is -29.8. The number of nitrogens with one attached hydrogen (secondary N) is 2. The fraction of sp³-hybridized carbons (Fsp3) is 0.931. The third-order valence-corrected chi connectivity index (χ3v) is 9.22. The van der Waals surface area contributed by atoms with E-state index in [0.717, 1.165) is 13.8 Å². The summed E-state index contributed by atoms with van der Waals surface area (Å²) >= 11 is 0. The topological polar surface area (TPSA) is 355 Å². The number of carbonyl (C=O) groups excluding carboxylic acids is 2. The van der Waals surface area contributed by atoms with Gasteiger partial charge in [-0.3, -0.25) is 9.59 Å². The fourth-order valence-corrected chi connectivity index (χ4v) is 6.54. The van der Waals surface area contributed by atoms with Crippen LogP contribution in [0.4, 0.5) is 0 Å². The lowest BCUT2D eigenvalue weighted by Crippen LogP contribution is -2.70. The van der Waals surface area contributed by atoms with Gasteiger partial charge in [0.05, 0.1) is 26.4 Å². The number of hydrogen-bond donors (Lipinski definition) is 13. The largest absolute Gasteiger partial charge is 0.394 e. The quantitative estimate of drug-likeness (QED) is 0.0828. The standard InChI is InChI=1S/C29H50N2O21/c1-8(36)30-14-17(39)16(38)10(4-32)46-26(14)50-23-11(5-33)47-27(15(18(23)40)31-9(2)37)51-24-13(7-35)49-29(22(44)20(24)42)52-25-12(6-34)48-28(45-3)21(43)19(25)41/h10-29,32-35,38-44H,4-7H2,1-3H3,(H,30,36)(H,31,37)/t10-,11-,12-,13-,14-,15-,16-,17-,18-,19-,20-,21+,22+,23-,24-,25-,26+,27+,28+,29+/m1/s1. The number of methoxy groups -OCH3 is 1. The van der Waals surface area contributed by atoms with E-state index in [1.807, 2.05) is 0 Å². The minimum absolute atomic E-state index is 0.671. The van der Waals surface area contributed by atoms with Gasteiger partial charge in [0.15, 0.2) is 25.2 Å². The molecule has 4 aliphatic heterocycles. The van der Waals surface area contributed by atoms with Gasteiger partial charge in [0.25, 0.3) is 0 Å². The molecular formula is C29H50N2O21. The molecule has 0 radical (unpaired) electrons. The van der Waals surface area contributed by atoms with Gasteiger partial charge in [-0.25, -0.2) is 0 Å². The maximum absolute atomic E-state index is 12.3. The van der Waals surface area contributed by atoms with E-state index in [4.69, 9.17) is 37.9 Å². The average Bonchev–Trinajstić information content (AvgIpc) is 3.11. The second-order valence-electron chi connectivity index (χ2n) is 12.8. The van der Waals surface area contributed by atoms with E-state index in [9.17, 15) is 65.8 Å². The first-order valence-electron chi connectivity index (χ1n) is 16.5. The number of aliphatic hydroxyl groups is 11. The molecule has 4 heterocycles. The van der Waals surface area contributed by atoms with Crippen molar-refractivity contribution in [3.8, 4) is 0 Å². The van der Waals surface area contributed by atoms with E-state index >= 15 is 0 Å². The van der Waals surface area contributed by atoms with E-state index in [1.54, 1.807) is 0 Å². The summed E-state index contributed by atoms with van der Waals surface area (Å²) in [5.74, 6) is -1.40. The monoisotopic (exact) mass is 762 g/mol. The van der Waals surface area contributed by atoms with Crippen LogP contribution in [0.2, 0.25) is 0 Å². The van der Waals surface area contributed by atoms with Crippen LogP contribution in [0.1, 0.15) is 13.8 Å². The minimum atomic E-state index is -2.00. The number of carbonyl (C=O) groups is 2. The van der Waals surface area contributed by atoms with Crippen molar-refractivity contribution in [3.63, 3.8) is 0 Å². The molecule has 0 aromatic heterocycles. The van der Waals surface area contributed by atoms with Crippen molar-refractivity contribution in [2.24, 2.45) is 0 Å². The highest BCUT2D eigenvalue weighted by Crippen LogP contribution is 2.34. The molecule has 0 aromatic rings. The van der Waals surface area contributed by atoms with Gasteiger partial charge < -0.3 is 105 Å². The van der Waals surface area contributed by atoms with Gasteiger partial charge in [0, 0.05) is 21.0 Å². The van der Waals surface area contributed by atoms with Crippen molar-refractivity contribution in [1.82, 2.24) is 10.6 Å². The van der Waals surface area contributed by atoms with Gasteiger partial charge >= 0.3 is 0 Å². The predicted octanol–water partition coefficient (Wildman–Crippen LogP) is -8.81. The molecule has 4 fully saturated rings. The van der Waals surface area contributed by atoms with Gasteiger partial charge in [0.2, 0.25) is 11.8 Å². The van der Waals surface area contributed by atoms with Crippen LogP contribution in [0, 0.1) is 0 Å². The first kappa shape index (κ1) is 42.9. The molecule has 4 rings (SSSR count). The number of ether oxygens (including phenoxy) is 8. The molecule has 0 aromatic carbocycles. The molecule has 4 saturated heterocycles. The summed E-state index contributed by atoms with van der Waals surface area (Å²) in [4.78, 5) is 24.1. The third-order valence-electron chi connectivity index (χ3n) is 9.22. The maximum Gasteiger partial charge on any atom is 0.217 e. The van der Waals surface area contributed by atoms with Crippen LogP contribution in [0.5, 0.6) is 0 Å². The summed E-state index contributed by atoms with van der Waals surface area (Å²) in [6, 6.07) is -3.03. The highest BCUT2D eigenvalue weighted by Gasteiger charge is 2.55. The van der Waals surface area contributed by atoms with Crippen molar-refractivity contribution in [1.29, 1.82) is 0 Å². The molecular weight excluding hydrogens is 712 g/mol. The number of rotatable bonds is 13. The zero-order valence-electron chi connectivity index (χ0n) is 28.4. The number of aliphatic hydroxyl groups excluding tert-OH is 11. The summed E-state index contributed by atoms with van der Waals surface area (Å²) in [6.45, 7) is -1.12. The smallest absolute Gasteiger partial charge is 0.217 e. The van der Waals surface area contributed by atoms with E-state index in [1.165, 1.54) is 7.11 Å². The van der Waals surface area contributed by atoms with Crippen LogP contribution in [-0.4, -0.2) is 224 Å². The second-order valence-corrected chi connectivity index (χ2v) is 12.8. The first-order chi connectivity index (χ1) is 24.6. The molecule has 20 atom stereocenters. The summed E-state index contributed by atoms with van der Waals surface area (Å²) in [7, 11) is 1.19. The Morgan fingerprint density at radius 2 is 0.827 bits per heavy atom. The lowest BCUT2D eigenvalue weighted by molar-refractivity contribution is -0.377. The first-order valence-corrected chi connectivity index (χ1v) is 16.5. The Morgan fingerprint density at radius 3 is 1.25 bits per heavy atom. The molecule has 52 heavy (non-hydrogen) atoms. The minimum Gasteiger partial charge on any atom is -0.394 e. The molecule has 302 valence electrons. The van der Waals surface area contributed by atoms with Crippen LogP contribution in [0.3, 0.4) is 0 Å². The van der Waals surface area contributed by atoms with E-state index in [-0.39, 0.29) is 0 Å². The molecule has 0 aliphatic carbocycles. The van der Waals surface area contributed by atoms with Crippen molar-refractivity contribution in [3.05, 3.63) is 0 Å². The van der Waals surface area contributed by atoms with Gasteiger partial charge in [0.1, 0.15) is 97.5 Å². The Labute approximate surface area is 296 Å². The van der Waals surface area contributed by atoms with Crippen LogP contribution < -0.4 is 10.6 Å². The molecule has 23 heteroatoms. The van der Waals surface area contributed by atoms with Crippen molar-refractivity contribution < 1.29 is 104 Å². The van der Waals surface area contributed by atoms with Gasteiger partial charge in [-0.15, -0.1) is 0 Å². The number of amides is 2. The maximum atomic E-state index is 12.3. The molecule has 0 bridgehead atoms. The molecule has 0 saturated carbocycles. The lowest BCUT2D eigenvalue weighted by atomic mass is 9.94. The highest BCUT2D eigenvalue weighted by atomic mass is 16.8. The lowest BCUT2D eigenvalue weighted by Gasteiger charge is -2.50. The zero-order valence-corrected chi connectivity index (χ0v) is 28.4. The molecule has 13 N–H and O–H groups in total. The van der Waals surface area contributed by atoms with Crippen molar-refractivity contribution in [2.45, 2.75) is 137 Å². The van der Waals surface area contributed by atoms with Gasteiger partial charge in [-0.05, 0) is 0 Å². The summed E-state index contributed by atoms with van der Waals surface area (Å²) in [5.41, 5.74) is 0. The summed E-state index contributed by atoms with van der Waals surface area (Å²) < 4.78 is 44.7. The van der Waals surface area contributed by atoms with Gasteiger partial charge in [-0.2, -0.15) is 0 Å². The molecule has 4 aliphatic rings.